The van der Waals surface area contributed by atoms with Gasteiger partial charge in [-0.25, -0.2) is 0 Å². The maximum Gasteiger partial charge on any atom is 0.182 e. The Morgan fingerprint density at radius 1 is 1.35 bits per heavy atom. The van der Waals surface area contributed by atoms with Crippen molar-refractivity contribution in [2.24, 2.45) is 5.41 Å². The van der Waals surface area contributed by atoms with Gasteiger partial charge in [0.05, 0.1) is 5.38 Å². The summed E-state index contributed by atoms with van der Waals surface area (Å²) in [4.78, 5) is 12.2. The zero-order chi connectivity index (χ0) is 15.1. The Hall–Kier alpha value is -0.760. The molecule has 112 valence electrons. The number of nitrogens with zero attached hydrogens (tertiary/aromatic N) is 1. The molecule has 20 heavy (non-hydrogen) atoms. The first kappa shape index (κ1) is 15.6. The number of aromatic nitrogens is 1. The predicted octanol–water partition coefficient (Wildman–Crippen LogP) is 5.06. The molecule has 0 saturated heterocycles. The molecular weight excluding hydrogens is 270 g/mol. The first-order valence-electron chi connectivity index (χ1n) is 7.59. The molecule has 0 N–H and O–H groups in total. The van der Waals surface area contributed by atoms with Gasteiger partial charge in [-0.2, -0.15) is 0 Å². The third-order valence-corrected chi connectivity index (χ3v) is 4.98. The molecule has 2 rings (SSSR count). The molecule has 1 heterocycles. The second-order valence-electron chi connectivity index (χ2n) is 7.03. The van der Waals surface area contributed by atoms with Crippen LogP contribution in [0.2, 0.25) is 0 Å². The Labute approximate surface area is 127 Å². The third kappa shape index (κ3) is 2.95. The van der Waals surface area contributed by atoms with Crippen molar-refractivity contribution in [2.75, 3.05) is 0 Å². The minimum Gasteiger partial charge on any atom is -0.345 e. The molecule has 1 atom stereocenters. The summed E-state index contributed by atoms with van der Waals surface area (Å²) in [5.74, 6) is 0.0437. The fraction of sp³-hybridized carbons (Fsp3) is 0.706. The van der Waals surface area contributed by atoms with Crippen LogP contribution in [0.4, 0.5) is 0 Å². The Morgan fingerprint density at radius 3 is 2.40 bits per heavy atom. The fourth-order valence-electron chi connectivity index (χ4n) is 3.44. The van der Waals surface area contributed by atoms with E-state index in [9.17, 15) is 4.79 Å². The van der Waals surface area contributed by atoms with E-state index in [0.29, 0.717) is 11.5 Å². The van der Waals surface area contributed by atoms with Crippen molar-refractivity contribution in [3.63, 3.8) is 0 Å². The number of carbonyl (C=O) groups is 1. The van der Waals surface area contributed by atoms with Crippen LogP contribution in [0.1, 0.15) is 74.2 Å². The van der Waals surface area contributed by atoms with E-state index in [1.807, 2.05) is 6.07 Å². The number of ketones is 1. The van der Waals surface area contributed by atoms with E-state index in [4.69, 9.17) is 11.6 Å². The molecule has 1 aromatic heterocycles. The molecule has 0 aromatic carbocycles. The molecule has 1 aliphatic carbocycles. The Bertz CT molecular complexity index is 503. The van der Waals surface area contributed by atoms with E-state index in [-0.39, 0.29) is 5.78 Å². The molecule has 0 radical (unpaired) electrons. The van der Waals surface area contributed by atoms with Crippen molar-refractivity contribution in [3.05, 3.63) is 23.0 Å². The molecule has 2 nitrogen and oxygen atoms in total. The summed E-state index contributed by atoms with van der Waals surface area (Å²) >= 11 is 5.96. The van der Waals surface area contributed by atoms with Crippen LogP contribution in [0.3, 0.4) is 0 Å². The number of hydrogen-bond acceptors (Lipinski definition) is 1. The van der Waals surface area contributed by atoms with E-state index in [2.05, 4.69) is 32.3 Å². The molecular formula is C17H26ClNO. The van der Waals surface area contributed by atoms with Gasteiger partial charge in [0, 0.05) is 23.0 Å². The Balaban J connectivity index is 2.28. The van der Waals surface area contributed by atoms with Gasteiger partial charge in [-0.15, -0.1) is 11.6 Å². The van der Waals surface area contributed by atoms with Gasteiger partial charge in [0.25, 0.3) is 0 Å². The largest absolute Gasteiger partial charge is 0.345 e. The highest BCUT2D eigenvalue weighted by atomic mass is 35.5. The molecule has 1 aliphatic rings. The summed E-state index contributed by atoms with van der Waals surface area (Å²) in [6, 6.07) is 2.55. The van der Waals surface area contributed by atoms with Crippen LogP contribution in [0.15, 0.2) is 6.07 Å². The zero-order valence-electron chi connectivity index (χ0n) is 13.3. The van der Waals surface area contributed by atoms with Gasteiger partial charge < -0.3 is 4.57 Å². The van der Waals surface area contributed by atoms with Crippen molar-refractivity contribution in [3.8, 4) is 0 Å². The van der Waals surface area contributed by atoms with Crippen molar-refractivity contribution in [1.29, 1.82) is 0 Å². The van der Waals surface area contributed by atoms with E-state index >= 15 is 0 Å². The van der Waals surface area contributed by atoms with E-state index in [1.54, 1.807) is 6.92 Å². The van der Waals surface area contributed by atoms with Crippen LogP contribution in [0.25, 0.3) is 0 Å². The van der Waals surface area contributed by atoms with E-state index < -0.39 is 5.38 Å². The average Bonchev–Trinajstić information content (AvgIpc) is 2.65. The van der Waals surface area contributed by atoms with E-state index in [0.717, 1.165) is 11.3 Å². The maximum absolute atomic E-state index is 12.2. The van der Waals surface area contributed by atoms with Gasteiger partial charge in [-0.05, 0) is 57.9 Å². The lowest BCUT2D eigenvalue weighted by Gasteiger charge is -2.36. The number of hydrogen-bond donors (Lipinski definition) is 0. The highest BCUT2D eigenvalue weighted by Gasteiger charge is 2.30. The van der Waals surface area contributed by atoms with Crippen LogP contribution in [0.5, 0.6) is 0 Å². The second kappa shape index (κ2) is 5.55. The SMILES string of the molecule is Cc1cc(C(=O)C(C)Cl)c(C)n1C1CCC(C)(C)CC1. The van der Waals surface area contributed by atoms with Gasteiger partial charge >= 0.3 is 0 Å². The lowest BCUT2D eigenvalue weighted by atomic mass is 9.75. The predicted molar refractivity (Wildman–Crippen MR) is 84.8 cm³/mol. The first-order valence-corrected chi connectivity index (χ1v) is 8.03. The van der Waals surface area contributed by atoms with Gasteiger partial charge in [0.1, 0.15) is 0 Å². The summed E-state index contributed by atoms with van der Waals surface area (Å²) in [6.07, 6.45) is 4.91. The summed E-state index contributed by atoms with van der Waals surface area (Å²) in [5, 5.41) is -0.450. The lowest BCUT2D eigenvalue weighted by molar-refractivity contribution is 0.0990. The van der Waals surface area contributed by atoms with Crippen molar-refractivity contribution < 1.29 is 4.79 Å². The summed E-state index contributed by atoms with van der Waals surface area (Å²) in [6.45, 7) is 10.6. The molecule has 0 aliphatic heterocycles. The number of carbonyl (C=O) groups excluding carboxylic acids is 1. The van der Waals surface area contributed by atoms with Crippen molar-refractivity contribution in [1.82, 2.24) is 4.57 Å². The number of alkyl halides is 1. The van der Waals surface area contributed by atoms with Crippen LogP contribution in [-0.4, -0.2) is 15.7 Å². The molecule has 1 fully saturated rings. The number of Topliss-reactive ketones (excluding diaryl/α,β-unsaturated/α-hetero) is 1. The zero-order valence-corrected chi connectivity index (χ0v) is 14.0. The lowest BCUT2D eigenvalue weighted by Crippen LogP contribution is -2.24. The molecule has 0 spiro atoms. The van der Waals surface area contributed by atoms with Gasteiger partial charge in [-0.3, -0.25) is 4.79 Å². The van der Waals surface area contributed by atoms with Gasteiger partial charge in [0.2, 0.25) is 0 Å². The average molecular weight is 296 g/mol. The van der Waals surface area contributed by atoms with Crippen molar-refractivity contribution >= 4 is 17.4 Å². The molecule has 0 amide bonds. The molecule has 0 bridgehead atoms. The molecule has 3 heteroatoms. The van der Waals surface area contributed by atoms with Crippen LogP contribution in [0, 0.1) is 19.3 Å². The number of aryl methyl sites for hydroxylation is 1. The quantitative estimate of drug-likeness (QED) is 0.564. The monoisotopic (exact) mass is 295 g/mol. The van der Waals surface area contributed by atoms with Crippen LogP contribution < -0.4 is 0 Å². The van der Waals surface area contributed by atoms with E-state index in [1.165, 1.54) is 31.4 Å². The Morgan fingerprint density at radius 2 is 1.90 bits per heavy atom. The fourth-order valence-corrected chi connectivity index (χ4v) is 3.56. The second-order valence-corrected chi connectivity index (χ2v) is 7.69. The van der Waals surface area contributed by atoms with Crippen molar-refractivity contribution in [2.45, 2.75) is 71.7 Å². The molecule has 1 saturated carbocycles. The van der Waals surface area contributed by atoms with Gasteiger partial charge in [-0.1, -0.05) is 13.8 Å². The summed E-state index contributed by atoms with van der Waals surface area (Å²) < 4.78 is 2.36. The molecule has 1 aromatic rings. The summed E-state index contributed by atoms with van der Waals surface area (Å²) in [7, 11) is 0. The minimum atomic E-state index is -0.450. The normalized spacial score (nSPS) is 20.9. The van der Waals surface area contributed by atoms with Gasteiger partial charge in [0.15, 0.2) is 5.78 Å². The summed E-state index contributed by atoms with van der Waals surface area (Å²) in [5.41, 5.74) is 3.54. The van der Waals surface area contributed by atoms with Crippen LogP contribution >= 0.6 is 11.6 Å². The Kier molecular flexibility index (Phi) is 4.34. The highest BCUT2D eigenvalue weighted by Crippen LogP contribution is 2.41. The highest BCUT2D eigenvalue weighted by molar-refractivity contribution is 6.33. The maximum atomic E-state index is 12.2. The smallest absolute Gasteiger partial charge is 0.182 e. The van der Waals surface area contributed by atoms with Crippen LogP contribution in [-0.2, 0) is 0 Å². The molecule has 1 unspecified atom stereocenters. The number of rotatable bonds is 3. The first-order chi connectivity index (χ1) is 9.23. The minimum absolute atomic E-state index is 0.0437. The topological polar surface area (TPSA) is 22.0 Å². The number of halogens is 1. The third-order valence-electron chi connectivity index (χ3n) is 4.78. The standard InChI is InChI=1S/C17H26ClNO/c1-11-10-15(16(20)12(2)18)13(3)19(11)14-6-8-17(4,5)9-7-14/h10,12,14H,6-9H2,1-5H3.